The van der Waals surface area contributed by atoms with Gasteiger partial charge in [0.15, 0.2) is 0 Å². The zero-order valence-electron chi connectivity index (χ0n) is 16.5. The lowest BCUT2D eigenvalue weighted by Gasteiger charge is -2.22. The average Bonchev–Trinajstić information content (AvgIpc) is 2.75. The van der Waals surface area contributed by atoms with E-state index in [0.29, 0.717) is 24.3 Å². The summed E-state index contributed by atoms with van der Waals surface area (Å²) in [5.74, 6) is -0.246. The number of carbonyl (C=O) groups excluding carboxylic acids is 2. The first-order valence-electron chi connectivity index (χ1n) is 9.56. The highest BCUT2D eigenvalue weighted by atomic mass is 16.2. The van der Waals surface area contributed by atoms with Crippen molar-refractivity contribution in [3.63, 3.8) is 0 Å². The number of benzene rings is 3. The number of hydrogen-bond donors (Lipinski definition) is 2. The molecule has 2 N–H and O–H groups in total. The fourth-order valence-electron chi connectivity index (χ4n) is 3.10. The molecule has 0 aliphatic heterocycles. The van der Waals surface area contributed by atoms with E-state index in [0.717, 1.165) is 11.1 Å². The largest absolute Gasteiger partial charge is 0.355 e. The molecule has 0 heterocycles. The molecule has 0 fully saturated rings. The Hall–Kier alpha value is -3.44. The predicted molar refractivity (Wildman–Crippen MR) is 115 cm³/mol. The number of anilines is 1. The maximum absolute atomic E-state index is 12.6. The van der Waals surface area contributed by atoms with Crippen LogP contribution in [0.2, 0.25) is 0 Å². The average molecular weight is 387 g/mol. The lowest BCUT2D eigenvalue weighted by molar-refractivity contribution is -0.117. The van der Waals surface area contributed by atoms with Crippen molar-refractivity contribution in [1.82, 2.24) is 10.2 Å². The van der Waals surface area contributed by atoms with Crippen LogP contribution in [0.5, 0.6) is 0 Å². The first kappa shape index (κ1) is 20.3. The van der Waals surface area contributed by atoms with Gasteiger partial charge in [-0.2, -0.15) is 0 Å². The van der Waals surface area contributed by atoms with Gasteiger partial charge >= 0.3 is 0 Å². The van der Waals surface area contributed by atoms with E-state index in [2.05, 4.69) is 39.8 Å². The van der Waals surface area contributed by atoms with Crippen LogP contribution in [0.1, 0.15) is 21.5 Å². The molecule has 0 atom stereocenters. The molecule has 3 aromatic carbocycles. The molecule has 0 spiro atoms. The van der Waals surface area contributed by atoms with Gasteiger partial charge in [-0.05, 0) is 35.4 Å². The number of nitrogens with zero attached hydrogens (tertiary/aromatic N) is 1. The smallest absolute Gasteiger partial charge is 0.251 e. The van der Waals surface area contributed by atoms with Crippen molar-refractivity contribution in [2.75, 3.05) is 18.9 Å². The molecule has 3 aromatic rings. The van der Waals surface area contributed by atoms with E-state index in [9.17, 15) is 9.59 Å². The van der Waals surface area contributed by atoms with E-state index in [1.807, 2.05) is 36.4 Å². The first-order valence-corrected chi connectivity index (χ1v) is 9.56. The van der Waals surface area contributed by atoms with Gasteiger partial charge in [0.25, 0.3) is 5.91 Å². The lowest BCUT2D eigenvalue weighted by atomic mass is 10.1. The van der Waals surface area contributed by atoms with E-state index in [1.165, 1.54) is 0 Å². The quantitative estimate of drug-likeness (QED) is 0.620. The number of amides is 2. The Kier molecular flexibility index (Phi) is 7.14. The van der Waals surface area contributed by atoms with Crippen LogP contribution in [-0.4, -0.2) is 30.3 Å². The molecule has 148 valence electrons. The fourth-order valence-corrected chi connectivity index (χ4v) is 3.10. The van der Waals surface area contributed by atoms with Crippen molar-refractivity contribution in [3.8, 4) is 0 Å². The second kappa shape index (κ2) is 10.2. The third-order valence-corrected chi connectivity index (χ3v) is 4.52. The Morgan fingerprint density at radius 3 is 1.76 bits per heavy atom. The van der Waals surface area contributed by atoms with Crippen LogP contribution in [0.25, 0.3) is 0 Å². The number of rotatable bonds is 8. The summed E-state index contributed by atoms with van der Waals surface area (Å²) in [6, 6.07) is 27.1. The molecule has 0 aliphatic rings. The van der Waals surface area contributed by atoms with Crippen LogP contribution in [0.15, 0.2) is 84.9 Å². The van der Waals surface area contributed by atoms with Crippen molar-refractivity contribution in [1.29, 1.82) is 0 Å². The monoisotopic (exact) mass is 387 g/mol. The van der Waals surface area contributed by atoms with E-state index in [1.54, 1.807) is 31.3 Å². The molecule has 3 rings (SSSR count). The van der Waals surface area contributed by atoms with Crippen LogP contribution < -0.4 is 10.6 Å². The maximum atomic E-state index is 12.6. The minimum atomic E-state index is -0.153. The Bertz CT molecular complexity index is 884. The number of carbonyl (C=O) groups is 2. The molecule has 0 saturated heterocycles. The molecule has 0 bridgehead atoms. The second-order valence-electron chi connectivity index (χ2n) is 6.82. The van der Waals surface area contributed by atoms with Crippen molar-refractivity contribution >= 4 is 17.5 Å². The summed E-state index contributed by atoms with van der Waals surface area (Å²) in [4.78, 5) is 26.4. The van der Waals surface area contributed by atoms with Crippen LogP contribution in [-0.2, 0) is 17.9 Å². The summed E-state index contributed by atoms with van der Waals surface area (Å²) in [5.41, 5.74) is 3.54. The Morgan fingerprint density at radius 1 is 0.759 bits per heavy atom. The molecule has 0 saturated carbocycles. The summed E-state index contributed by atoms with van der Waals surface area (Å²) in [6.45, 7) is 1.62. The Morgan fingerprint density at radius 2 is 1.28 bits per heavy atom. The predicted octanol–water partition coefficient (Wildman–Crippen LogP) is 3.69. The van der Waals surface area contributed by atoms with Gasteiger partial charge in [0, 0.05) is 31.4 Å². The first-order chi connectivity index (χ1) is 14.1. The topological polar surface area (TPSA) is 61.4 Å². The highest BCUT2D eigenvalue weighted by Crippen LogP contribution is 2.12. The summed E-state index contributed by atoms with van der Waals surface area (Å²) in [6.07, 6.45) is 0. The standard InChI is InChI=1S/C24H25N3O2/c1-25-24(29)21-12-14-22(15-13-21)26-23(28)18-27(16-19-8-4-2-5-9-19)17-20-10-6-3-7-11-20/h2-15H,16-18H2,1H3,(H,25,29)(H,26,28). The SMILES string of the molecule is CNC(=O)c1ccc(NC(=O)CN(Cc2ccccc2)Cc2ccccc2)cc1. The molecule has 0 unspecified atom stereocenters. The van der Waals surface area contributed by atoms with E-state index in [4.69, 9.17) is 0 Å². The molecular formula is C24H25N3O2. The van der Waals surface area contributed by atoms with Crippen molar-refractivity contribution in [2.24, 2.45) is 0 Å². The second-order valence-corrected chi connectivity index (χ2v) is 6.82. The Labute approximate surface area is 171 Å². The molecule has 5 heteroatoms. The van der Waals surface area contributed by atoms with Gasteiger partial charge in [0.1, 0.15) is 0 Å². The number of hydrogen-bond acceptors (Lipinski definition) is 3. The van der Waals surface area contributed by atoms with E-state index in [-0.39, 0.29) is 18.4 Å². The van der Waals surface area contributed by atoms with Gasteiger partial charge in [0.05, 0.1) is 6.54 Å². The summed E-state index contributed by atoms with van der Waals surface area (Å²) in [5, 5.41) is 5.50. The summed E-state index contributed by atoms with van der Waals surface area (Å²) >= 11 is 0. The Balaban J connectivity index is 1.65. The zero-order chi connectivity index (χ0) is 20.5. The van der Waals surface area contributed by atoms with Crippen LogP contribution in [0.3, 0.4) is 0 Å². The van der Waals surface area contributed by atoms with Gasteiger partial charge < -0.3 is 10.6 Å². The van der Waals surface area contributed by atoms with Gasteiger partial charge in [-0.25, -0.2) is 0 Å². The van der Waals surface area contributed by atoms with Gasteiger partial charge in [-0.1, -0.05) is 60.7 Å². The normalized spacial score (nSPS) is 10.6. The minimum Gasteiger partial charge on any atom is -0.355 e. The molecule has 0 aliphatic carbocycles. The number of nitrogens with one attached hydrogen (secondary N) is 2. The summed E-state index contributed by atoms with van der Waals surface area (Å²) < 4.78 is 0. The van der Waals surface area contributed by atoms with Gasteiger partial charge in [0.2, 0.25) is 5.91 Å². The maximum Gasteiger partial charge on any atom is 0.251 e. The molecular weight excluding hydrogens is 362 g/mol. The molecule has 0 aromatic heterocycles. The third-order valence-electron chi connectivity index (χ3n) is 4.52. The van der Waals surface area contributed by atoms with Gasteiger partial charge in [-0.15, -0.1) is 0 Å². The van der Waals surface area contributed by atoms with Crippen LogP contribution >= 0.6 is 0 Å². The highest BCUT2D eigenvalue weighted by Gasteiger charge is 2.13. The molecule has 5 nitrogen and oxygen atoms in total. The van der Waals surface area contributed by atoms with E-state index >= 15 is 0 Å². The highest BCUT2D eigenvalue weighted by molar-refractivity contribution is 5.96. The third kappa shape index (κ3) is 6.30. The van der Waals surface area contributed by atoms with Crippen molar-refractivity contribution < 1.29 is 9.59 Å². The summed E-state index contributed by atoms with van der Waals surface area (Å²) in [7, 11) is 1.59. The zero-order valence-corrected chi connectivity index (χ0v) is 16.5. The molecule has 2 amide bonds. The molecule has 0 radical (unpaired) electrons. The van der Waals surface area contributed by atoms with Crippen molar-refractivity contribution in [3.05, 3.63) is 102 Å². The lowest BCUT2D eigenvalue weighted by Crippen LogP contribution is -2.32. The minimum absolute atomic E-state index is 0.0930. The van der Waals surface area contributed by atoms with Crippen molar-refractivity contribution in [2.45, 2.75) is 13.1 Å². The fraction of sp³-hybridized carbons (Fsp3) is 0.167. The van der Waals surface area contributed by atoms with Crippen LogP contribution in [0, 0.1) is 0 Å². The van der Waals surface area contributed by atoms with Gasteiger partial charge in [-0.3, -0.25) is 14.5 Å². The van der Waals surface area contributed by atoms with Crippen LogP contribution in [0.4, 0.5) is 5.69 Å². The molecule has 29 heavy (non-hydrogen) atoms. The van der Waals surface area contributed by atoms with E-state index < -0.39 is 0 Å².